The van der Waals surface area contributed by atoms with Gasteiger partial charge < -0.3 is 9.47 Å². The first-order valence-electron chi connectivity index (χ1n) is 13.4. The Balaban J connectivity index is 1.47. The van der Waals surface area contributed by atoms with Crippen LogP contribution in [-0.4, -0.2) is 56.6 Å². The van der Waals surface area contributed by atoms with Gasteiger partial charge in [0.2, 0.25) is 15.2 Å². The summed E-state index contributed by atoms with van der Waals surface area (Å²) in [4.78, 5) is 18.6. The molecule has 1 aromatic heterocycles. The molecular weight excluding hydrogens is 560 g/mol. The number of amides is 1. The molecule has 1 aliphatic rings. The fourth-order valence-electron chi connectivity index (χ4n) is 4.84. The van der Waals surface area contributed by atoms with Crippen molar-refractivity contribution in [3.05, 3.63) is 77.9 Å². The van der Waals surface area contributed by atoms with Crippen molar-refractivity contribution in [3.8, 4) is 11.5 Å². The first kappa shape index (κ1) is 28.7. The molecule has 41 heavy (non-hydrogen) atoms. The van der Waals surface area contributed by atoms with Gasteiger partial charge in [0.1, 0.15) is 11.5 Å². The van der Waals surface area contributed by atoms with E-state index in [1.54, 1.807) is 24.7 Å². The third kappa shape index (κ3) is 6.12. The number of carbonyl (C=O) groups is 1. The fraction of sp³-hybridized carbons (Fsp3) is 0.300. The summed E-state index contributed by atoms with van der Waals surface area (Å²) in [6.07, 6.45) is 5.08. The molecule has 0 saturated carbocycles. The number of hydrogen-bond acceptors (Lipinski definition) is 8. The second kappa shape index (κ2) is 12.4. The van der Waals surface area contributed by atoms with Crippen molar-refractivity contribution in [2.45, 2.75) is 43.5 Å². The number of benzene rings is 3. The first-order valence-corrected chi connectivity index (χ1v) is 15.7. The molecule has 1 unspecified atom stereocenters. The van der Waals surface area contributed by atoms with E-state index in [9.17, 15) is 13.2 Å². The third-order valence-electron chi connectivity index (χ3n) is 7.15. The minimum absolute atomic E-state index is 0.00417. The van der Waals surface area contributed by atoms with Gasteiger partial charge in [-0.05, 0) is 91.6 Å². The van der Waals surface area contributed by atoms with Crippen LogP contribution >= 0.6 is 11.3 Å². The number of rotatable bonds is 9. The zero-order chi connectivity index (χ0) is 29.0. The molecule has 1 aliphatic heterocycles. The molecule has 0 aliphatic carbocycles. The van der Waals surface area contributed by atoms with Crippen LogP contribution in [0.1, 0.15) is 48.5 Å². The van der Waals surface area contributed by atoms with Crippen LogP contribution in [0.4, 0.5) is 5.13 Å². The van der Waals surface area contributed by atoms with Gasteiger partial charge in [0.15, 0.2) is 0 Å². The van der Waals surface area contributed by atoms with Crippen molar-refractivity contribution in [1.82, 2.24) is 9.29 Å². The van der Waals surface area contributed by atoms with Crippen LogP contribution in [0.3, 0.4) is 0 Å². The monoisotopic (exact) mass is 592 g/mol. The zero-order valence-corrected chi connectivity index (χ0v) is 24.8. The molecule has 1 fully saturated rings. The Hall–Kier alpha value is -3.80. The quantitative estimate of drug-likeness (QED) is 0.176. The second-order valence-corrected chi connectivity index (χ2v) is 12.6. The lowest BCUT2D eigenvalue weighted by molar-refractivity contribution is 0.0987. The number of ether oxygens (including phenoxy) is 2. The minimum Gasteiger partial charge on any atom is -0.497 e. The summed E-state index contributed by atoms with van der Waals surface area (Å²) in [7, 11) is -0.481. The van der Waals surface area contributed by atoms with Gasteiger partial charge in [0, 0.05) is 18.2 Å². The highest BCUT2D eigenvalue weighted by molar-refractivity contribution is 7.89. The van der Waals surface area contributed by atoms with Crippen molar-refractivity contribution in [1.29, 1.82) is 0 Å². The maximum absolute atomic E-state index is 13.8. The Morgan fingerprint density at radius 3 is 2.44 bits per heavy atom. The summed E-state index contributed by atoms with van der Waals surface area (Å²) in [6, 6.07) is 18.8. The Morgan fingerprint density at radius 2 is 1.76 bits per heavy atom. The van der Waals surface area contributed by atoms with Crippen molar-refractivity contribution in [2.75, 3.05) is 25.8 Å². The van der Waals surface area contributed by atoms with E-state index < -0.39 is 15.9 Å². The molecule has 11 heteroatoms. The molecule has 1 saturated heterocycles. The Kier molecular flexibility index (Phi) is 8.67. The zero-order valence-electron chi connectivity index (χ0n) is 23.2. The summed E-state index contributed by atoms with van der Waals surface area (Å²) in [5, 5.41) is 6.12. The number of methoxy groups -OCH3 is 2. The smallest absolute Gasteiger partial charge is 0.280 e. The molecule has 3 aromatic carbocycles. The van der Waals surface area contributed by atoms with Crippen molar-refractivity contribution < 1.29 is 22.7 Å². The number of nitrogens with zero attached hydrogens (tertiary/aromatic N) is 4. The Labute approximate surface area is 244 Å². The van der Waals surface area contributed by atoms with Gasteiger partial charge in [-0.1, -0.05) is 24.7 Å². The van der Waals surface area contributed by atoms with Crippen LogP contribution in [0.5, 0.6) is 11.5 Å². The van der Waals surface area contributed by atoms with Crippen molar-refractivity contribution >= 4 is 48.8 Å². The maximum Gasteiger partial charge on any atom is 0.280 e. The highest BCUT2D eigenvalue weighted by atomic mass is 32.2. The molecular formula is C30H32N4O5S2. The first-order chi connectivity index (χ1) is 19.8. The number of aromatic nitrogens is 1. The number of hydrazone groups is 1. The highest BCUT2D eigenvalue weighted by Gasteiger charge is 2.32. The average molecular weight is 593 g/mol. The summed E-state index contributed by atoms with van der Waals surface area (Å²) < 4.78 is 39.9. The van der Waals surface area contributed by atoms with Crippen LogP contribution in [-0.2, 0) is 10.0 Å². The van der Waals surface area contributed by atoms with Crippen LogP contribution in [0.25, 0.3) is 10.2 Å². The molecule has 9 nitrogen and oxygen atoms in total. The standard InChI is InChI=1S/C30H32N4O5S2/c1-4-23-7-5-6-18-33(23)41(36,37)26-15-10-22(11-16-26)29(35)34(31-20-21-8-12-24(38-2)13-9-21)30-32-27-17-14-25(39-3)19-28(27)40-30/h8-17,19-20,23H,4-7,18H2,1-3H3/b31-20+. The lowest BCUT2D eigenvalue weighted by atomic mass is 10.0. The van der Waals surface area contributed by atoms with E-state index in [1.807, 2.05) is 49.4 Å². The number of fused-ring (bicyclic) bond motifs is 1. The molecule has 0 N–H and O–H groups in total. The maximum atomic E-state index is 13.8. The molecule has 5 rings (SSSR count). The normalized spacial score (nSPS) is 16.2. The van der Waals surface area contributed by atoms with E-state index in [0.29, 0.717) is 34.3 Å². The van der Waals surface area contributed by atoms with Crippen molar-refractivity contribution in [2.24, 2.45) is 5.10 Å². The summed E-state index contributed by atoms with van der Waals surface area (Å²) >= 11 is 1.31. The molecule has 214 valence electrons. The van der Waals surface area contributed by atoms with E-state index in [4.69, 9.17) is 9.47 Å². The lowest BCUT2D eigenvalue weighted by Gasteiger charge is -2.34. The molecule has 0 spiro atoms. The SMILES string of the molecule is CCC1CCCCN1S(=O)(=O)c1ccc(C(=O)N(/N=C/c2ccc(OC)cc2)c2nc3ccc(OC)cc3s2)cc1. The second-order valence-electron chi connectivity index (χ2n) is 9.66. The van der Waals surface area contributed by atoms with Gasteiger partial charge in [0.25, 0.3) is 5.91 Å². The van der Waals surface area contributed by atoms with Gasteiger partial charge in [-0.3, -0.25) is 4.79 Å². The summed E-state index contributed by atoms with van der Waals surface area (Å²) in [6.45, 7) is 2.53. The number of carbonyl (C=O) groups excluding carboxylic acids is 1. The predicted octanol–water partition coefficient (Wildman–Crippen LogP) is 5.95. The van der Waals surface area contributed by atoms with E-state index in [0.717, 1.165) is 35.9 Å². The Morgan fingerprint density at radius 1 is 1.05 bits per heavy atom. The number of sulfonamides is 1. The van der Waals surface area contributed by atoms with E-state index in [-0.39, 0.29) is 10.9 Å². The Bertz CT molecular complexity index is 1650. The largest absolute Gasteiger partial charge is 0.497 e. The van der Waals surface area contributed by atoms with E-state index in [2.05, 4.69) is 10.1 Å². The molecule has 4 aromatic rings. The fourth-order valence-corrected chi connectivity index (χ4v) is 7.56. The number of anilines is 1. The minimum atomic E-state index is -3.67. The number of thiazole rings is 1. The lowest BCUT2D eigenvalue weighted by Crippen LogP contribution is -2.43. The number of hydrogen-bond donors (Lipinski definition) is 0. The molecule has 0 bridgehead atoms. The molecule has 2 heterocycles. The predicted molar refractivity (Wildman–Crippen MR) is 162 cm³/mol. The van der Waals surface area contributed by atoms with Crippen LogP contribution in [0.2, 0.25) is 0 Å². The summed E-state index contributed by atoms with van der Waals surface area (Å²) in [5.41, 5.74) is 1.76. The van der Waals surface area contributed by atoms with Crippen molar-refractivity contribution in [3.63, 3.8) is 0 Å². The topological polar surface area (TPSA) is 101 Å². The number of piperidine rings is 1. The van der Waals surface area contributed by atoms with E-state index in [1.165, 1.54) is 40.6 Å². The molecule has 1 amide bonds. The van der Waals surface area contributed by atoms with E-state index >= 15 is 0 Å². The van der Waals surface area contributed by atoms with Gasteiger partial charge >= 0.3 is 0 Å². The van der Waals surface area contributed by atoms with Gasteiger partial charge in [-0.2, -0.15) is 14.4 Å². The van der Waals surface area contributed by atoms with Gasteiger partial charge in [0.05, 0.1) is 35.5 Å². The highest BCUT2D eigenvalue weighted by Crippen LogP contribution is 2.33. The molecule has 1 atom stereocenters. The third-order valence-corrected chi connectivity index (χ3v) is 10.1. The average Bonchev–Trinajstić information content (AvgIpc) is 3.44. The molecule has 0 radical (unpaired) electrons. The van der Waals surface area contributed by atoms with Gasteiger partial charge in [-0.15, -0.1) is 0 Å². The van der Waals surface area contributed by atoms with Gasteiger partial charge in [-0.25, -0.2) is 13.4 Å². The van der Waals surface area contributed by atoms with Crippen LogP contribution < -0.4 is 14.5 Å². The summed E-state index contributed by atoms with van der Waals surface area (Å²) in [5.74, 6) is 0.956. The van der Waals surface area contributed by atoms with Crippen LogP contribution in [0.15, 0.2) is 76.7 Å². The van der Waals surface area contributed by atoms with Crippen LogP contribution in [0, 0.1) is 0 Å².